The number of rotatable bonds is 1. The van der Waals surface area contributed by atoms with Crippen molar-refractivity contribution in [2.45, 2.75) is 50.3 Å². The lowest BCUT2D eigenvalue weighted by Crippen LogP contribution is -2.54. The number of carbonyl (C=O) groups is 1. The summed E-state index contributed by atoms with van der Waals surface area (Å²) in [6.07, 6.45) is 2.90. The van der Waals surface area contributed by atoms with E-state index < -0.39 is 5.54 Å². The molecule has 2 unspecified atom stereocenters. The molecule has 0 aromatic carbocycles. The van der Waals surface area contributed by atoms with Gasteiger partial charge in [-0.3, -0.25) is 4.79 Å². The number of nitrogens with two attached hydrogens (primary N) is 1. The van der Waals surface area contributed by atoms with E-state index in [9.17, 15) is 9.90 Å². The SMILES string of the molecule is CC1CCC(O)CN1C(=O)C1(N)CC1. The topological polar surface area (TPSA) is 66.6 Å². The van der Waals surface area contributed by atoms with Gasteiger partial charge in [0.15, 0.2) is 0 Å². The van der Waals surface area contributed by atoms with Crippen molar-refractivity contribution in [2.24, 2.45) is 5.73 Å². The molecule has 1 saturated carbocycles. The largest absolute Gasteiger partial charge is 0.391 e. The Morgan fingerprint density at radius 2 is 2.14 bits per heavy atom. The van der Waals surface area contributed by atoms with Crippen LogP contribution in [0.5, 0.6) is 0 Å². The van der Waals surface area contributed by atoms with E-state index in [1.54, 1.807) is 4.90 Å². The third-order valence-corrected chi connectivity index (χ3v) is 3.33. The van der Waals surface area contributed by atoms with Crippen LogP contribution in [-0.4, -0.2) is 40.1 Å². The maximum Gasteiger partial charge on any atom is 0.242 e. The van der Waals surface area contributed by atoms with Crippen molar-refractivity contribution in [1.29, 1.82) is 0 Å². The molecule has 0 aromatic rings. The van der Waals surface area contributed by atoms with Crippen LogP contribution >= 0.6 is 0 Å². The van der Waals surface area contributed by atoms with Gasteiger partial charge in [-0.15, -0.1) is 0 Å². The van der Waals surface area contributed by atoms with Crippen LogP contribution < -0.4 is 5.73 Å². The van der Waals surface area contributed by atoms with E-state index in [-0.39, 0.29) is 18.1 Å². The van der Waals surface area contributed by atoms with Crippen LogP contribution in [0.3, 0.4) is 0 Å². The van der Waals surface area contributed by atoms with Crippen LogP contribution in [0.2, 0.25) is 0 Å². The quantitative estimate of drug-likeness (QED) is 0.615. The fraction of sp³-hybridized carbons (Fsp3) is 0.900. The predicted molar refractivity (Wildman–Crippen MR) is 52.6 cm³/mol. The summed E-state index contributed by atoms with van der Waals surface area (Å²) in [7, 11) is 0. The van der Waals surface area contributed by atoms with Crippen LogP contribution in [0.15, 0.2) is 0 Å². The molecule has 1 aliphatic heterocycles. The predicted octanol–water partition coefficient (Wildman–Crippen LogP) is -0.151. The Morgan fingerprint density at radius 3 is 2.71 bits per heavy atom. The van der Waals surface area contributed by atoms with Gasteiger partial charge in [-0.1, -0.05) is 0 Å². The first kappa shape index (κ1) is 9.93. The number of piperidine rings is 1. The Morgan fingerprint density at radius 1 is 1.50 bits per heavy atom. The highest BCUT2D eigenvalue weighted by Gasteiger charge is 2.49. The summed E-state index contributed by atoms with van der Waals surface area (Å²) >= 11 is 0. The van der Waals surface area contributed by atoms with Gasteiger partial charge >= 0.3 is 0 Å². The monoisotopic (exact) mass is 198 g/mol. The first-order valence-electron chi connectivity index (χ1n) is 5.31. The first-order chi connectivity index (χ1) is 6.53. The van der Waals surface area contributed by atoms with Gasteiger partial charge in [-0.05, 0) is 32.6 Å². The zero-order chi connectivity index (χ0) is 10.3. The Labute approximate surface area is 84.1 Å². The van der Waals surface area contributed by atoms with Gasteiger partial charge in [0.05, 0.1) is 11.6 Å². The van der Waals surface area contributed by atoms with Crippen molar-refractivity contribution in [1.82, 2.24) is 4.90 Å². The number of β-amino-alcohol motifs (C(OH)–C–C–N with tert-alkyl or cyclic N) is 1. The molecule has 2 atom stereocenters. The smallest absolute Gasteiger partial charge is 0.242 e. The van der Waals surface area contributed by atoms with Crippen LogP contribution in [0, 0.1) is 0 Å². The molecule has 1 amide bonds. The molecule has 80 valence electrons. The first-order valence-corrected chi connectivity index (χ1v) is 5.31. The fourth-order valence-electron chi connectivity index (χ4n) is 2.01. The zero-order valence-electron chi connectivity index (χ0n) is 8.57. The molecule has 4 heteroatoms. The van der Waals surface area contributed by atoms with Crippen LogP contribution in [0.1, 0.15) is 32.6 Å². The molecule has 2 fully saturated rings. The highest BCUT2D eigenvalue weighted by Crippen LogP contribution is 2.35. The minimum Gasteiger partial charge on any atom is -0.391 e. The van der Waals surface area contributed by atoms with E-state index in [0.717, 1.165) is 25.7 Å². The maximum atomic E-state index is 11.9. The lowest BCUT2D eigenvalue weighted by molar-refractivity contribution is -0.139. The molecule has 14 heavy (non-hydrogen) atoms. The number of aliphatic hydroxyl groups excluding tert-OH is 1. The van der Waals surface area contributed by atoms with Gasteiger partial charge in [0.1, 0.15) is 0 Å². The van der Waals surface area contributed by atoms with Crippen molar-refractivity contribution in [3.05, 3.63) is 0 Å². The van der Waals surface area contributed by atoms with Crippen LogP contribution in [0.25, 0.3) is 0 Å². The Bertz CT molecular complexity index is 251. The molecular weight excluding hydrogens is 180 g/mol. The minimum absolute atomic E-state index is 0.0313. The molecule has 0 aromatic heterocycles. The lowest BCUT2D eigenvalue weighted by Gasteiger charge is -2.37. The number of likely N-dealkylation sites (tertiary alicyclic amines) is 1. The molecule has 0 spiro atoms. The third kappa shape index (κ3) is 1.64. The second-order valence-corrected chi connectivity index (χ2v) is 4.69. The summed E-state index contributed by atoms with van der Waals surface area (Å²) in [5.74, 6) is 0.0313. The fourth-order valence-corrected chi connectivity index (χ4v) is 2.01. The lowest BCUT2D eigenvalue weighted by atomic mass is 10.00. The van der Waals surface area contributed by atoms with E-state index in [1.807, 2.05) is 6.92 Å². The maximum absolute atomic E-state index is 11.9. The number of hydrogen-bond donors (Lipinski definition) is 2. The molecule has 1 saturated heterocycles. The normalized spacial score (nSPS) is 35.5. The summed E-state index contributed by atoms with van der Waals surface area (Å²) in [5.41, 5.74) is 5.26. The van der Waals surface area contributed by atoms with Crippen molar-refractivity contribution >= 4 is 5.91 Å². The molecule has 2 aliphatic rings. The summed E-state index contributed by atoms with van der Waals surface area (Å²) in [6.45, 7) is 2.48. The van der Waals surface area contributed by atoms with Gasteiger partial charge in [0.25, 0.3) is 0 Å². The summed E-state index contributed by atoms with van der Waals surface area (Å²) in [4.78, 5) is 13.7. The van der Waals surface area contributed by atoms with Crippen molar-refractivity contribution in [3.63, 3.8) is 0 Å². The summed E-state index contributed by atoms with van der Waals surface area (Å²) in [6, 6.07) is 0.229. The number of nitrogens with zero attached hydrogens (tertiary/aromatic N) is 1. The van der Waals surface area contributed by atoms with Gasteiger partial charge in [-0.2, -0.15) is 0 Å². The number of hydrogen-bond acceptors (Lipinski definition) is 3. The molecule has 3 N–H and O–H groups in total. The van der Waals surface area contributed by atoms with E-state index in [0.29, 0.717) is 6.54 Å². The summed E-state index contributed by atoms with van der Waals surface area (Å²) < 4.78 is 0. The van der Waals surface area contributed by atoms with Crippen molar-refractivity contribution in [2.75, 3.05) is 6.54 Å². The Kier molecular flexibility index (Phi) is 2.27. The third-order valence-electron chi connectivity index (χ3n) is 3.33. The average molecular weight is 198 g/mol. The molecule has 0 bridgehead atoms. The van der Waals surface area contributed by atoms with Crippen molar-refractivity contribution in [3.8, 4) is 0 Å². The zero-order valence-corrected chi connectivity index (χ0v) is 8.57. The highest BCUT2D eigenvalue weighted by molar-refractivity contribution is 5.89. The number of carbonyl (C=O) groups excluding carboxylic acids is 1. The molecular formula is C10H18N2O2. The standard InChI is InChI=1S/C10H18N2O2/c1-7-2-3-8(13)6-12(7)9(14)10(11)4-5-10/h7-8,13H,2-6,11H2,1H3. The molecule has 2 rings (SSSR count). The van der Waals surface area contributed by atoms with Gasteiger partial charge in [0.2, 0.25) is 5.91 Å². The second-order valence-electron chi connectivity index (χ2n) is 4.69. The Balaban J connectivity index is 2.04. The van der Waals surface area contributed by atoms with Crippen LogP contribution in [0.4, 0.5) is 0 Å². The van der Waals surface area contributed by atoms with Crippen molar-refractivity contribution < 1.29 is 9.90 Å². The Hall–Kier alpha value is -0.610. The number of amides is 1. The van der Waals surface area contributed by atoms with E-state index in [4.69, 9.17) is 5.73 Å². The highest BCUT2D eigenvalue weighted by atomic mass is 16.3. The van der Waals surface area contributed by atoms with Gasteiger partial charge in [-0.25, -0.2) is 0 Å². The van der Waals surface area contributed by atoms with Gasteiger partial charge < -0.3 is 15.7 Å². The van der Waals surface area contributed by atoms with E-state index in [2.05, 4.69) is 0 Å². The number of aliphatic hydroxyl groups is 1. The van der Waals surface area contributed by atoms with E-state index >= 15 is 0 Å². The molecule has 1 aliphatic carbocycles. The molecule has 0 radical (unpaired) electrons. The van der Waals surface area contributed by atoms with E-state index in [1.165, 1.54) is 0 Å². The van der Waals surface area contributed by atoms with Gasteiger partial charge in [0, 0.05) is 12.6 Å². The summed E-state index contributed by atoms with van der Waals surface area (Å²) in [5, 5.41) is 9.50. The molecule has 1 heterocycles. The second kappa shape index (κ2) is 3.21. The molecule has 4 nitrogen and oxygen atoms in total. The average Bonchev–Trinajstić information content (AvgIpc) is 2.88. The van der Waals surface area contributed by atoms with Crippen LogP contribution in [-0.2, 0) is 4.79 Å². The minimum atomic E-state index is -0.592.